The third-order valence-corrected chi connectivity index (χ3v) is 8.74. The first-order valence-electron chi connectivity index (χ1n) is 13.8. The summed E-state index contributed by atoms with van der Waals surface area (Å²) in [5.41, 5.74) is -1.32. The number of esters is 1. The molecule has 0 radical (unpaired) electrons. The fourth-order valence-corrected chi connectivity index (χ4v) is 6.72. The molecule has 14 heteroatoms. The molecule has 0 N–H and O–H groups in total. The van der Waals surface area contributed by atoms with Gasteiger partial charge < -0.3 is 14.2 Å². The van der Waals surface area contributed by atoms with Crippen LogP contribution in [0.3, 0.4) is 0 Å². The van der Waals surface area contributed by atoms with Gasteiger partial charge in [-0.25, -0.2) is 9.79 Å². The van der Waals surface area contributed by atoms with E-state index in [2.05, 4.69) is 20.9 Å². The molecule has 2 heterocycles. The minimum atomic E-state index is -5.01. The summed E-state index contributed by atoms with van der Waals surface area (Å²) in [5, 5.41) is 0.890. The number of nitrogens with zero attached hydrogens (tertiary/aromatic N) is 2. The number of thiazole rings is 1. The molecule has 240 valence electrons. The van der Waals surface area contributed by atoms with E-state index < -0.39 is 35.0 Å². The number of halogens is 6. The lowest BCUT2D eigenvalue weighted by molar-refractivity contribution is -0.140. The van der Waals surface area contributed by atoms with Gasteiger partial charge in [-0.2, -0.15) is 13.2 Å². The Morgan fingerprint density at radius 3 is 2.43 bits per heavy atom. The predicted octanol–water partition coefficient (Wildman–Crippen LogP) is 7.39. The molecular formula is C32H24BrCl2F3N2O5S. The minimum Gasteiger partial charge on any atom is -0.490 e. The van der Waals surface area contributed by atoms with E-state index in [9.17, 15) is 22.8 Å². The van der Waals surface area contributed by atoms with Crippen molar-refractivity contribution in [3.8, 4) is 11.5 Å². The zero-order valence-corrected chi connectivity index (χ0v) is 28.1. The number of hydrogen-bond donors (Lipinski definition) is 0. The van der Waals surface area contributed by atoms with Crippen LogP contribution < -0.4 is 24.4 Å². The molecule has 0 aliphatic carbocycles. The second-order valence-corrected chi connectivity index (χ2v) is 12.5. The molecule has 0 amide bonds. The van der Waals surface area contributed by atoms with Crippen molar-refractivity contribution in [2.75, 3.05) is 13.2 Å². The summed E-state index contributed by atoms with van der Waals surface area (Å²) >= 11 is 16.4. The maximum Gasteiger partial charge on any atom is 0.434 e. The van der Waals surface area contributed by atoms with Gasteiger partial charge in [-0.3, -0.25) is 9.36 Å². The Morgan fingerprint density at radius 1 is 1.04 bits per heavy atom. The van der Waals surface area contributed by atoms with Crippen LogP contribution in [0.15, 0.2) is 86.2 Å². The Balaban J connectivity index is 1.65. The molecule has 1 aromatic heterocycles. The molecule has 1 atom stereocenters. The summed E-state index contributed by atoms with van der Waals surface area (Å²) in [7, 11) is 0. The standard InChI is InChI=1S/C32H24BrCl2F3N2O5S/c1-3-43-23-14-18(13-22(33)27(23)45-16-17-6-5-7-21(35)12-17)15-24-29(41)40-26(19-8-10-20(34)11-9-19)25(30(42)44-4-2)28(32(36,37)38)39-31(40)46-24/h5-15,26H,3-4,16H2,1-2H3/b24-15-/t26-/m1/s1. The van der Waals surface area contributed by atoms with Gasteiger partial charge in [-0.1, -0.05) is 58.8 Å². The van der Waals surface area contributed by atoms with E-state index in [1.165, 1.54) is 37.3 Å². The number of hydrogen-bond acceptors (Lipinski definition) is 7. The van der Waals surface area contributed by atoms with Gasteiger partial charge in [0, 0.05) is 10.0 Å². The van der Waals surface area contributed by atoms with Crippen molar-refractivity contribution in [3.63, 3.8) is 0 Å². The molecule has 0 bridgehead atoms. The Kier molecular flexibility index (Phi) is 10.3. The Bertz CT molecular complexity index is 2010. The molecular weight excluding hydrogens is 732 g/mol. The fraction of sp³-hybridized carbons (Fsp3) is 0.219. The molecule has 46 heavy (non-hydrogen) atoms. The molecule has 0 spiro atoms. The molecule has 3 aromatic carbocycles. The second-order valence-electron chi connectivity index (χ2n) is 9.80. The van der Waals surface area contributed by atoms with Crippen LogP contribution in [0.2, 0.25) is 10.0 Å². The van der Waals surface area contributed by atoms with Crippen molar-refractivity contribution in [3.05, 3.63) is 123 Å². The summed E-state index contributed by atoms with van der Waals surface area (Å²) in [5.74, 6) is -0.440. The molecule has 1 aliphatic rings. The van der Waals surface area contributed by atoms with Gasteiger partial charge in [0.15, 0.2) is 22.0 Å². The monoisotopic (exact) mass is 754 g/mol. The van der Waals surface area contributed by atoms with Gasteiger partial charge in [-0.15, -0.1) is 0 Å². The van der Waals surface area contributed by atoms with Gasteiger partial charge in [-0.05, 0) is 88.9 Å². The quantitative estimate of drug-likeness (QED) is 0.167. The average Bonchev–Trinajstić information content (AvgIpc) is 3.30. The largest absolute Gasteiger partial charge is 0.490 e. The van der Waals surface area contributed by atoms with E-state index in [-0.39, 0.29) is 28.1 Å². The van der Waals surface area contributed by atoms with Crippen LogP contribution in [0.5, 0.6) is 11.5 Å². The van der Waals surface area contributed by atoms with Crippen LogP contribution >= 0.6 is 50.5 Å². The number of benzene rings is 3. The van der Waals surface area contributed by atoms with Crippen LogP contribution in [0, 0.1) is 0 Å². The highest BCUT2D eigenvalue weighted by atomic mass is 79.9. The lowest BCUT2D eigenvalue weighted by Gasteiger charge is -2.26. The lowest BCUT2D eigenvalue weighted by atomic mass is 9.95. The van der Waals surface area contributed by atoms with Crippen LogP contribution in [0.25, 0.3) is 6.08 Å². The summed E-state index contributed by atoms with van der Waals surface area (Å²) < 4.78 is 61.7. The smallest absolute Gasteiger partial charge is 0.434 e. The number of allylic oxidation sites excluding steroid dienone is 1. The van der Waals surface area contributed by atoms with Crippen LogP contribution in [-0.4, -0.2) is 29.9 Å². The predicted molar refractivity (Wildman–Crippen MR) is 173 cm³/mol. The Labute approximate surface area is 283 Å². The Hall–Kier alpha value is -3.58. The van der Waals surface area contributed by atoms with Gasteiger partial charge in [0.1, 0.15) is 6.61 Å². The van der Waals surface area contributed by atoms with Gasteiger partial charge in [0.05, 0.1) is 33.8 Å². The van der Waals surface area contributed by atoms with E-state index in [1.807, 2.05) is 12.1 Å². The molecule has 7 nitrogen and oxygen atoms in total. The summed E-state index contributed by atoms with van der Waals surface area (Å²) in [6.45, 7) is 3.60. The molecule has 1 aliphatic heterocycles. The van der Waals surface area contributed by atoms with Crippen LogP contribution in [0.1, 0.15) is 36.6 Å². The highest BCUT2D eigenvalue weighted by Gasteiger charge is 2.45. The molecule has 0 saturated carbocycles. The topological polar surface area (TPSA) is 79.1 Å². The highest BCUT2D eigenvalue weighted by Crippen LogP contribution is 2.39. The second kappa shape index (κ2) is 14.0. The number of carbonyl (C=O) groups excluding carboxylic acids is 1. The lowest BCUT2D eigenvalue weighted by Crippen LogP contribution is -2.41. The number of alkyl halides is 3. The maximum absolute atomic E-state index is 14.4. The van der Waals surface area contributed by atoms with Crippen molar-refractivity contribution >= 4 is 62.5 Å². The zero-order chi connectivity index (χ0) is 33.2. The van der Waals surface area contributed by atoms with Gasteiger partial charge in [0.2, 0.25) is 0 Å². The van der Waals surface area contributed by atoms with E-state index in [4.69, 9.17) is 37.4 Å². The molecule has 0 fully saturated rings. The third-order valence-electron chi connectivity index (χ3n) is 6.68. The maximum atomic E-state index is 14.4. The normalized spacial score (nSPS) is 15.0. The van der Waals surface area contributed by atoms with Crippen molar-refractivity contribution in [2.45, 2.75) is 32.7 Å². The molecule has 5 rings (SSSR count). The highest BCUT2D eigenvalue weighted by molar-refractivity contribution is 9.10. The fourth-order valence-electron chi connectivity index (χ4n) is 4.81. The first-order chi connectivity index (χ1) is 21.9. The third kappa shape index (κ3) is 7.20. The average molecular weight is 756 g/mol. The Morgan fingerprint density at radius 2 is 1.78 bits per heavy atom. The number of rotatable bonds is 9. The van der Waals surface area contributed by atoms with E-state index in [0.717, 1.165) is 21.5 Å². The number of fused-ring (bicyclic) bond motifs is 1. The van der Waals surface area contributed by atoms with E-state index >= 15 is 0 Å². The van der Waals surface area contributed by atoms with Crippen molar-refractivity contribution < 1.29 is 32.2 Å². The number of carbonyl (C=O) groups is 1. The van der Waals surface area contributed by atoms with Crippen molar-refractivity contribution in [1.29, 1.82) is 0 Å². The molecule has 4 aromatic rings. The zero-order valence-electron chi connectivity index (χ0n) is 24.2. The number of ether oxygens (including phenoxy) is 3. The number of aromatic nitrogens is 1. The summed E-state index contributed by atoms with van der Waals surface area (Å²) in [6.07, 6.45) is -3.50. The molecule has 0 saturated heterocycles. The van der Waals surface area contributed by atoms with Crippen LogP contribution in [0.4, 0.5) is 13.2 Å². The van der Waals surface area contributed by atoms with Crippen molar-refractivity contribution in [1.82, 2.24) is 4.57 Å². The molecule has 0 unspecified atom stereocenters. The summed E-state index contributed by atoms with van der Waals surface area (Å²) in [6, 6.07) is 14.9. The van der Waals surface area contributed by atoms with E-state index in [0.29, 0.717) is 38.2 Å². The van der Waals surface area contributed by atoms with Gasteiger partial charge >= 0.3 is 12.1 Å². The van der Waals surface area contributed by atoms with Crippen LogP contribution in [-0.2, 0) is 16.1 Å². The SMILES string of the molecule is CCOC(=O)C1=C(C(F)(F)F)N=c2s/c(=C\c3cc(Br)c(OCc4cccc(Cl)c4)c(OCC)c3)c(=O)n2[C@@H]1c1ccc(Cl)cc1. The summed E-state index contributed by atoms with van der Waals surface area (Å²) in [4.78, 5) is 30.5. The van der Waals surface area contributed by atoms with Crippen molar-refractivity contribution in [2.24, 2.45) is 4.99 Å². The van der Waals surface area contributed by atoms with Gasteiger partial charge in [0.25, 0.3) is 5.56 Å². The first-order valence-corrected chi connectivity index (χ1v) is 16.2. The minimum absolute atomic E-state index is 0.0753. The van der Waals surface area contributed by atoms with E-state index in [1.54, 1.807) is 31.2 Å². The first kappa shape index (κ1) is 33.8.